The third kappa shape index (κ3) is 3.63. The first-order chi connectivity index (χ1) is 13.7. The Morgan fingerprint density at radius 1 is 1.25 bits per heavy atom. The third-order valence-corrected chi connectivity index (χ3v) is 6.24. The summed E-state index contributed by atoms with van der Waals surface area (Å²) < 4.78 is 7.09. The van der Waals surface area contributed by atoms with Gasteiger partial charge in [0, 0.05) is 49.5 Å². The Kier molecular flexibility index (Phi) is 4.76. The monoisotopic (exact) mass is 395 g/mol. The summed E-state index contributed by atoms with van der Waals surface area (Å²) >= 11 is 1.77. The molecule has 8 heteroatoms. The van der Waals surface area contributed by atoms with Gasteiger partial charge in [-0.1, -0.05) is 0 Å². The van der Waals surface area contributed by atoms with Crippen LogP contribution < -0.4 is 5.56 Å². The van der Waals surface area contributed by atoms with Crippen molar-refractivity contribution in [3.8, 4) is 11.3 Å². The van der Waals surface area contributed by atoms with E-state index in [0.717, 1.165) is 43.9 Å². The van der Waals surface area contributed by atoms with Gasteiger partial charge in [0.2, 0.25) is 0 Å². The predicted molar refractivity (Wildman–Crippen MR) is 106 cm³/mol. The summed E-state index contributed by atoms with van der Waals surface area (Å²) in [4.78, 5) is 24.8. The van der Waals surface area contributed by atoms with E-state index in [4.69, 9.17) is 9.72 Å². The Morgan fingerprint density at radius 2 is 2.18 bits per heavy atom. The van der Waals surface area contributed by atoms with Gasteiger partial charge in [0.25, 0.3) is 5.56 Å². The van der Waals surface area contributed by atoms with Crippen molar-refractivity contribution < 1.29 is 4.74 Å². The average Bonchev–Trinajstić information content (AvgIpc) is 3.11. The van der Waals surface area contributed by atoms with E-state index in [-0.39, 0.29) is 5.56 Å². The zero-order valence-electron chi connectivity index (χ0n) is 15.5. The Hall–Kier alpha value is -2.42. The fourth-order valence-corrected chi connectivity index (χ4v) is 4.85. The Balaban J connectivity index is 1.21. The Labute approximate surface area is 166 Å². The lowest BCUT2D eigenvalue weighted by Crippen LogP contribution is -2.48. The van der Waals surface area contributed by atoms with Gasteiger partial charge in [-0.3, -0.25) is 14.7 Å². The van der Waals surface area contributed by atoms with E-state index in [9.17, 15) is 4.79 Å². The minimum atomic E-state index is -0.0568. The van der Waals surface area contributed by atoms with E-state index in [1.54, 1.807) is 40.5 Å². The molecule has 0 saturated carbocycles. The van der Waals surface area contributed by atoms with E-state index < -0.39 is 0 Å². The normalized spacial score (nSPS) is 17.3. The number of pyridine rings is 1. The van der Waals surface area contributed by atoms with Crippen LogP contribution in [0.1, 0.15) is 15.6 Å². The first-order valence-electron chi connectivity index (χ1n) is 9.51. The van der Waals surface area contributed by atoms with Crippen molar-refractivity contribution in [2.24, 2.45) is 5.92 Å². The van der Waals surface area contributed by atoms with Gasteiger partial charge in [-0.05, 0) is 18.2 Å². The molecule has 0 amide bonds. The fraction of sp³-hybridized carbons (Fsp3) is 0.400. The number of fused-ring (bicyclic) bond motifs is 1. The molecule has 0 atom stereocenters. The number of hydrogen-bond donors (Lipinski definition) is 0. The minimum absolute atomic E-state index is 0.0568. The smallest absolute Gasteiger partial charge is 0.266 e. The van der Waals surface area contributed by atoms with Crippen LogP contribution in [-0.2, 0) is 30.9 Å². The number of thiazole rings is 1. The van der Waals surface area contributed by atoms with Gasteiger partial charge in [-0.25, -0.2) is 9.67 Å². The van der Waals surface area contributed by atoms with E-state index in [0.29, 0.717) is 19.1 Å². The summed E-state index contributed by atoms with van der Waals surface area (Å²) in [5.41, 5.74) is 2.85. The maximum atomic E-state index is 12.2. The number of rotatable bonds is 5. The summed E-state index contributed by atoms with van der Waals surface area (Å²) in [7, 11) is 0. The van der Waals surface area contributed by atoms with Gasteiger partial charge in [0.15, 0.2) is 0 Å². The standard InChI is InChI=1S/C20H21N5O2S/c26-20-4-3-16(15-2-1-6-21-8-15)23-25(20)11-14-9-24(10-14)12-19-22-17-5-7-27-13-18(17)28-19/h1-4,6,8,14H,5,7,9-13H2. The van der Waals surface area contributed by atoms with Crippen molar-refractivity contribution >= 4 is 11.3 Å². The largest absolute Gasteiger partial charge is 0.375 e. The predicted octanol–water partition coefficient (Wildman–Crippen LogP) is 1.97. The highest BCUT2D eigenvalue weighted by Crippen LogP contribution is 2.27. The molecule has 1 saturated heterocycles. The zero-order chi connectivity index (χ0) is 18.9. The lowest BCUT2D eigenvalue weighted by molar-refractivity contribution is 0.0765. The summed E-state index contributed by atoms with van der Waals surface area (Å²) in [6.07, 6.45) is 4.42. The summed E-state index contributed by atoms with van der Waals surface area (Å²) in [5, 5.41) is 5.71. The van der Waals surface area contributed by atoms with Gasteiger partial charge in [0.05, 0.1) is 42.6 Å². The second kappa shape index (κ2) is 7.54. The molecular weight excluding hydrogens is 374 g/mol. The molecule has 0 unspecified atom stereocenters. The third-order valence-electron chi connectivity index (χ3n) is 5.19. The van der Waals surface area contributed by atoms with Gasteiger partial charge in [-0.15, -0.1) is 11.3 Å². The maximum absolute atomic E-state index is 12.2. The van der Waals surface area contributed by atoms with Crippen molar-refractivity contribution in [1.29, 1.82) is 0 Å². The molecule has 0 bridgehead atoms. The number of nitrogens with zero attached hydrogens (tertiary/aromatic N) is 5. The quantitative estimate of drug-likeness (QED) is 0.658. The van der Waals surface area contributed by atoms with Crippen LogP contribution >= 0.6 is 11.3 Å². The van der Waals surface area contributed by atoms with Crippen molar-refractivity contribution in [2.45, 2.75) is 26.1 Å². The molecule has 5 heterocycles. The molecule has 0 spiro atoms. The zero-order valence-corrected chi connectivity index (χ0v) is 16.3. The molecular formula is C20H21N5O2S. The van der Waals surface area contributed by atoms with Crippen molar-refractivity contribution in [3.05, 3.63) is 62.6 Å². The summed E-state index contributed by atoms with van der Waals surface area (Å²) in [5.74, 6) is 0.437. The van der Waals surface area contributed by atoms with Crippen LogP contribution in [0.5, 0.6) is 0 Å². The summed E-state index contributed by atoms with van der Waals surface area (Å²) in [6.45, 7) is 4.94. The van der Waals surface area contributed by atoms with Crippen LogP contribution in [0, 0.1) is 5.92 Å². The van der Waals surface area contributed by atoms with E-state index in [2.05, 4.69) is 15.0 Å². The average molecular weight is 395 g/mol. The lowest BCUT2D eigenvalue weighted by atomic mass is 10.0. The molecule has 144 valence electrons. The fourth-order valence-electron chi connectivity index (χ4n) is 3.75. The molecule has 2 aliphatic rings. The molecule has 1 fully saturated rings. The number of aromatic nitrogens is 4. The Bertz CT molecular complexity index is 1000. The molecule has 5 rings (SSSR count). The van der Waals surface area contributed by atoms with Crippen LogP contribution in [0.2, 0.25) is 0 Å². The molecule has 3 aromatic rings. The van der Waals surface area contributed by atoms with Crippen LogP contribution in [0.3, 0.4) is 0 Å². The topological polar surface area (TPSA) is 73.1 Å². The van der Waals surface area contributed by atoms with E-state index in [1.165, 1.54) is 15.6 Å². The minimum Gasteiger partial charge on any atom is -0.375 e. The first kappa shape index (κ1) is 17.7. The highest BCUT2D eigenvalue weighted by molar-refractivity contribution is 7.11. The van der Waals surface area contributed by atoms with Gasteiger partial charge >= 0.3 is 0 Å². The van der Waals surface area contributed by atoms with Crippen LogP contribution in [0.4, 0.5) is 0 Å². The number of ether oxygens (including phenoxy) is 1. The highest BCUT2D eigenvalue weighted by Gasteiger charge is 2.29. The summed E-state index contributed by atoms with van der Waals surface area (Å²) in [6, 6.07) is 7.18. The molecule has 28 heavy (non-hydrogen) atoms. The second-order valence-electron chi connectivity index (χ2n) is 7.32. The molecule has 2 aliphatic heterocycles. The van der Waals surface area contributed by atoms with Gasteiger partial charge in [0.1, 0.15) is 5.01 Å². The number of hydrogen-bond acceptors (Lipinski definition) is 7. The molecule has 3 aromatic heterocycles. The van der Waals surface area contributed by atoms with Gasteiger partial charge < -0.3 is 4.74 Å². The van der Waals surface area contributed by atoms with E-state index >= 15 is 0 Å². The lowest BCUT2D eigenvalue weighted by Gasteiger charge is -2.38. The molecule has 0 N–H and O–H groups in total. The molecule has 0 aromatic carbocycles. The van der Waals surface area contributed by atoms with Crippen molar-refractivity contribution in [3.63, 3.8) is 0 Å². The molecule has 0 aliphatic carbocycles. The number of likely N-dealkylation sites (tertiary alicyclic amines) is 1. The second-order valence-corrected chi connectivity index (χ2v) is 8.49. The van der Waals surface area contributed by atoms with Crippen molar-refractivity contribution in [1.82, 2.24) is 24.6 Å². The van der Waals surface area contributed by atoms with Gasteiger partial charge in [-0.2, -0.15) is 5.10 Å². The molecule has 0 radical (unpaired) electrons. The molecule has 7 nitrogen and oxygen atoms in total. The first-order valence-corrected chi connectivity index (χ1v) is 10.3. The van der Waals surface area contributed by atoms with Crippen LogP contribution in [0.15, 0.2) is 41.5 Å². The van der Waals surface area contributed by atoms with Crippen molar-refractivity contribution in [2.75, 3.05) is 19.7 Å². The SMILES string of the molecule is O=c1ccc(-c2cccnc2)nn1CC1CN(Cc2nc3c(s2)COCC3)C1. The van der Waals surface area contributed by atoms with Crippen LogP contribution in [0.25, 0.3) is 11.3 Å². The van der Waals surface area contributed by atoms with E-state index in [1.807, 2.05) is 12.1 Å². The highest BCUT2D eigenvalue weighted by atomic mass is 32.1. The Morgan fingerprint density at radius 3 is 3.00 bits per heavy atom. The maximum Gasteiger partial charge on any atom is 0.266 e. The van der Waals surface area contributed by atoms with Crippen LogP contribution in [-0.4, -0.2) is 44.3 Å².